The average molecular weight is 415 g/mol. The van der Waals surface area contributed by atoms with E-state index in [2.05, 4.69) is 0 Å². The first-order valence-corrected chi connectivity index (χ1v) is 11.4. The lowest BCUT2D eigenvalue weighted by Crippen LogP contribution is -2.40. The first kappa shape index (κ1) is 19.5. The average Bonchev–Trinajstić information content (AvgIpc) is 3.25. The van der Waals surface area contributed by atoms with E-state index in [-0.39, 0.29) is 12.3 Å². The number of nitrogens with zero attached hydrogens (tertiary/aromatic N) is 2. The van der Waals surface area contributed by atoms with E-state index in [1.54, 1.807) is 35.4 Å². The summed E-state index contributed by atoms with van der Waals surface area (Å²) in [6.45, 7) is 4.19. The Morgan fingerprint density at radius 3 is 2.65 bits per heavy atom. The number of aryl methyl sites for hydroxylation is 1. The van der Waals surface area contributed by atoms with Crippen LogP contribution in [0.25, 0.3) is 0 Å². The van der Waals surface area contributed by atoms with Crippen molar-refractivity contribution < 1.29 is 17.9 Å². The molecule has 0 aromatic carbocycles. The van der Waals surface area contributed by atoms with Gasteiger partial charge in [0.05, 0.1) is 26.2 Å². The van der Waals surface area contributed by atoms with E-state index >= 15 is 0 Å². The number of carbonyl (C=O) groups excluding carboxylic acids is 1. The number of hydrogen-bond donors (Lipinski definition) is 0. The number of likely N-dealkylation sites (N-methyl/N-ethyl adjacent to an activating group) is 1. The SMILES string of the molecule is Cc1ccsc1CN(C)C(=O)Cc1ccc(S(=O)(=O)N2CCOCC2)s1. The van der Waals surface area contributed by atoms with Gasteiger partial charge >= 0.3 is 0 Å². The summed E-state index contributed by atoms with van der Waals surface area (Å²) in [5.41, 5.74) is 1.18. The molecule has 0 unspecified atom stereocenters. The van der Waals surface area contributed by atoms with E-state index in [4.69, 9.17) is 4.74 Å². The Morgan fingerprint density at radius 1 is 1.27 bits per heavy atom. The van der Waals surface area contributed by atoms with Crippen LogP contribution in [0.2, 0.25) is 0 Å². The summed E-state index contributed by atoms with van der Waals surface area (Å²) in [6.07, 6.45) is 0.213. The number of morpholine rings is 1. The van der Waals surface area contributed by atoms with E-state index in [1.165, 1.54) is 26.1 Å². The number of carbonyl (C=O) groups is 1. The van der Waals surface area contributed by atoms with Crippen molar-refractivity contribution >= 4 is 38.6 Å². The quantitative estimate of drug-likeness (QED) is 0.728. The smallest absolute Gasteiger partial charge is 0.252 e. The largest absolute Gasteiger partial charge is 0.379 e. The molecule has 0 atom stereocenters. The molecule has 142 valence electrons. The highest BCUT2D eigenvalue weighted by Gasteiger charge is 2.28. The minimum Gasteiger partial charge on any atom is -0.379 e. The van der Waals surface area contributed by atoms with Crippen molar-refractivity contribution in [3.63, 3.8) is 0 Å². The highest BCUT2D eigenvalue weighted by atomic mass is 32.2. The van der Waals surface area contributed by atoms with Crippen LogP contribution in [-0.4, -0.2) is 56.9 Å². The zero-order valence-corrected chi connectivity index (χ0v) is 17.3. The summed E-state index contributed by atoms with van der Waals surface area (Å²) in [4.78, 5) is 16.1. The number of thiophene rings is 2. The second-order valence-corrected chi connectivity index (χ2v) is 10.5. The second-order valence-electron chi connectivity index (χ2n) is 6.19. The third-order valence-corrected chi connectivity index (χ3v) is 8.76. The summed E-state index contributed by atoms with van der Waals surface area (Å²) in [5.74, 6) is -0.0185. The Morgan fingerprint density at radius 2 is 2.00 bits per heavy atom. The summed E-state index contributed by atoms with van der Waals surface area (Å²) in [7, 11) is -1.72. The molecule has 0 N–H and O–H groups in total. The van der Waals surface area contributed by atoms with Crippen LogP contribution in [0, 0.1) is 6.92 Å². The number of rotatable bonds is 6. The topological polar surface area (TPSA) is 66.9 Å². The zero-order valence-electron chi connectivity index (χ0n) is 14.8. The highest BCUT2D eigenvalue weighted by molar-refractivity contribution is 7.91. The summed E-state index contributed by atoms with van der Waals surface area (Å²) < 4.78 is 32.3. The second kappa shape index (κ2) is 8.18. The van der Waals surface area contributed by atoms with E-state index in [1.807, 2.05) is 18.4 Å². The van der Waals surface area contributed by atoms with Crippen LogP contribution < -0.4 is 0 Å². The molecule has 6 nitrogen and oxygen atoms in total. The molecule has 1 amide bonds. The first-order chi connectivity index (χ1) is 12.4. The Hall–Kier alpha value is -1.26. The molecule has 0 bridgehead atoms. The van der Waals surface area contributed by atoms with Gasteiger partial charge in [-0.15, -0.1) is 22.7 Å². The molecular formula is C17H22N2O4S3. The Balaban J connectivity index is 1.64. The molecule has 0 radical (unpaired) electrons. The van der Waals surface area contributed by atoms with Crippen LogP contribution in [0.1, 0.15) is 15.3 Å². The molecule has 3 heterocycles. The van der Waals surface area contributed by atoms with Gasteiger partial charge in [-0.25, -0.2) is 8.42 Å². The Kier molecular flexibility index (Phi) is 6.13. The normalized spacial score (nSPS) is 15.9. The minimum atomic E-state index is -3.50. The van der Waals surface area contributed by atoms with Gasteiger partial charge in [-0.2, -0.15) is 4.31 Å². The molecule has 2 aromatic rings. The first-order valence-electron chi connectivity index (χ1n) is 8.31. The van der Waals surface area contributed by atoms with Crippen molar-refractivity contribution in [2.45, 2.75) is 24.1 Å². The standard InChI is InChI=1S/C17H22N2O4S3/c1-13-5-10-24-15(13)12-18(2)16(20)11-14-3-4-17(25-14)26(21,22)19-6-8-23-9-7-19/h3-5,10H,6-9,11-12H2,1-2H3. The maximum atomic E-state index is 12.7. The van der Waals surface area contributed by atoms with Crippen LogP contribution in [-0.2, 0) is 32.5 Å². The van der Waals surface area contributed by atoms with Crippen LogP contribution in [0.5, 0.6) is 0 Å². The van der Waals surface area contributed by atoms with Crippen molar-refractivity contribution in [2.24, 2.45) is 0 Å². The van der Waals surface area contributed by atoms with Crippen LogP contribution >= 0.6 is 22.7 Å². The van der Waals surface area contributed by atoms with Gasteiger partial charge in [0.25, 0.3) is 10.0 Å². The minimum absolute atomic E-state index is 0.0185. The molecular weight excluding hydrogens is 392 g/mol. The fourth-order valence-corrected chi connectivity index (χ4v) is 6.53. The molecule has 1 aliphatic rings. The van der Waals surface area contributed by atoms with Crippen molar-refractivity contribution in [1.29, 1.82) is 0 Å². The Labute approximate surface area is 162 Å². The van der Waals surface area contributed by atoms with Gasteiger partial charge in [0.1, 0.15) is 4.21 Å². The van der Waals surface area contributed by atoms with Crippen molar-refractivity contribution in [1.82, 2.24) is 9.21 Å². The van der Waals surface area contributed by atoms with Gasteiger partial charge in [-0.3, -0.25) is 4.79 Å². The lowest BCUT2D eigenvalue weighted by Gasteiger charge is -2.25. The van der Waals surface area contributed by atoms with Crippen LogP contribution in [0.15, 0.2) is 27.8 Å². The van der Waals surface area contributed by atoms with Gasteiger partial charge < -0.3 is 9.64 Å². The molecule has 0 spiro atoms. The fourth-order valence-electron chi connectivity index (χ4n) is 2.66. The van der Waals surface area contributed by atoms with Crippen molar-refractivity contribution in [2.75, 3.05) is 33.4 Å². The molecule has 1 saturated heterocycles. The maximum absolute atomic E-state index is 12.7. The van der Waals surface area contributed by atoms with Gasteiger partial charge in [0.15, 0.2) is 0 Å². The third kappa shape index (κ3) is 4.34. The molecule has 26 heavy (non-hydrogen) atoms. The molecule has 0 aliphatic carbocycles. The summed E-state index contributed by atoms with van der Waals surface area (Å²) >= 11 is 2.81. The van der Waals surface area contributed by atoms with E-state index in [9.17, 15) is 13.2 Å². The zero-order chi connectivity index (χ0) is 18.7. The third-order valence-electron chi connectivity index (χ3n) is 4.30. The molecule has 1 fully saturated rings. The monoisotopic (exact) mass is 414 g/mol. The van der Waals surface area contributed by atoms with E-state index < -0.39 is 10.0 Å². The lowest BCUT2D eigenvalue weighted by atomic mass is 10.2. The molecule has 9 heteroatoms. The van der Waals surface area contributed by atoms with E-state index in [0.29, 0.717) is 37.1 Å². The molecule has 1 aliphatic heterocycles. The lowest BCUT2D eigenvalue weighted by molar-refractivity contribution is -0.129. The van der Waals surface area contributed by atoms with Crippen LogP contribution in [0.4, 0.5) is 0 Å². The fraction of sp³-hybridized carbons (Fsp3) is 0.471. The van der Waals surface area contributed by atoms with E-state index in [0.717, 1.165) is 4.88 Å². The predicted octanol–water partition coefficient (Wildman–Crippen LogP) is 2.34. The van der Waals surface area contributed by atoms with Crippen LogP contribution in [0.3, 0.4) is 0 Å². The molecule has 3 rings (SSSR count). The van der Waals surface area contributed by atoms with Gasteiger partial charge in [-0.1, -0.05) is 0 Å². The number of ether oxygens (including phenoxy) is 1. The predicted molar refractivity (Wildman–Crippen MR) is 103 cm³/mol. The summed E-state index contributed by atoms with van der Waals surface area (Å²) in [6, 6.07) is 5.38. The molecule has 0 saturated carbocycles. The highest BCUT2D eigenvalue weighted by Crippen LogP contribution is 2.26. The number of sulfonamides is 1. The number of hydrogen-bond acceptors (Lipinski definition) is 6. The van der Waals surface area contributed by atoms with Crippen molar-refractivity contribution in [3.8, 4) is 0 Å². The maximum Gasteiger partial charge on any atom is 0.252 e. The van der Waals surface area contributed by atoms with Gasteiger partial charge in [0.2, 0.25) is 5.91 Å². The number of amides is 1. The van der Waals surface area contributed by atoms with Gasteiger partial charge in [0, 0.05) is 29.9 Å². The van der Waals surface area contributed by atoms with Crippen molar-refractivity contribution in [3.05, 3.63) is 38.9 Å². The molecule has 2 aromatic heterocycles. The summed E-state index contributed by atoms with van der Waals surface area (Å²) in [5, 5.41) is 2.02. The Bertz CT molecular complexity index is 866. The van der Waals surface area contributed by atoms with Gasteiger partial charge in [-0.05, 0) is 36.1 Å².